The van der Waals surface area contributed by atoms with Gasteiger partial charge >= 0.3 is 0 Å². The predicted molar refractivity (Wildman–Crippen MR) is 81.2 cm³/mol. The van der Waals surface area contributed by atoms with E-state index in [-0.39, 0.29) is 6.10 Å². The van der Waals surface area contributed by atoms with Crippen LogP contribution < -0.4 is 15.4 Å². The van der Waals surface area contributed by atoms with Crippen LogP contribution in [0.2, 0.25) is 0 Å². The fourth-order valence-corrected chi connectivity index (χ4v) is 2.40. The third-order valence-electron chi connectivity index (χ3n) is 3.62. The van der Waals surface area contributed by atoms with E-state index in [2.05, 4.69) is 30.7 Å². The maximum Gasteiger partial charge on any atom is 0.239 e. The van der Waals surface area contributed by atoms with Gasteiger partial charge in [-0.05, 0) is 31.4 Å². The van der Waals surface area contributed by atoms with Crippen LogP contribution in [0.4, 0.5) is 11.5 Å². The van der Waals surface area contributed by atoms with Gasteiger partial charge in [-0.2, -0.15) is 4.98 Å². The van der Waals surface area contributed by atoms with E-state index in [1.807, 2.05) is 19.2 Å². The molecule has 2 atom stereocenters. The van der Waals surface area contributed by atoms with Gasteiger partial charge in [-0.1, -0.05) is 13.8 Å². The number of likely N-dealkylation sites (N-methyl/N-ethyl adjacent to an activating group) is 1. The zero-order chi connectivity index (χ0) is 14.7. The fourth-order valence-electron chi connectivity index (χ4n) is 2.40. The van der Waals surface area contributed by atoms with Crippen LogP contribution in [-0.2, 0) is 4.74 Å². The van der Waals surface area contributed by atoms with E-state index in [0.29, 0.717) is 30.1 Å². The summed E-state index contributed by atoms with van der Waals surface area (Å²) in [5, 5.41) is 0. The third-order valence-corrected chi connectivity index (χ3v) is 3.62. The van der Waals surface area contributed by atoms with Gasteiger partial charge in [0.25, 0.3) is 0 Å². The lowest BCUT2D eigenvalue weighted by molar-refractivity contribution is 0.118. The summed E-state index contributed by atoms with van der Waals surface area (Å²) in [7, 11) is 2.04. The van der Waals surface area contributed by atoms with Crippen molar-refractivity contribution in [2.24, 2.45) is 5.92 Å². The number of nitrogens with zero attached hydrogens (tertiary/aromatic N) is 2. The molecule has 0 bridgehead atoms. The smallest absolute Gasteiger partial charge is 0.239 e. The van der Waals surface area contributed by atoms with Gasteiger partial charge in [-0.25, -0.2) is 0 Å². The van der Waals surface area contributed by atoms with Crippen molar-refractivity contribution in [1.29, 1.82) is 0 Å². The van der Waals surface area contributed by atoms with E-state index in [1.54, 1.807) is 0 Å². The van der Waals surface area contributed by atoms with E-state index in [4.69, 9.17) is 15.2 Å². The molecule has 1 aliphatic heterocycles. The Hall–Kier alpha value is -1.49. The molecular formula is C15H25N3O2. The predicted octanol–water partition coefficient (Wildman–Crippen LogP) is 2.31. The first kappa shape index (κ1) is 14.9. The Morgan fingerprint density at radius 1 is 1.50 bits per heavy atom. The average molecular weight is 279 g/mol. The molecule has 5 nitrogen and oxygen atoms in total. The second-order valence-corrected chi connectivity index (χ2v) is 5.81. The minimum Gasteiger partial charge on any atom is -0.476 e. The second-order valence-electron chi connectivity index (χ2n) is 5.81. The van der Waals surface area contributed by atoms with Crippen LogP contribution in [0.3, 0.4) is 0 Å². The van der Waals surface area contributed by atoms with Gasteiger partial charge in [-0.3, -0.25) is 0 Å². The molecule has 20 heavy (non-hydrogen) atoms. The number of ether oxygens (including phenoxy) is 2. The average Bonchev–Trinajstić information content (AvgIpc) is 2.83. The summed E-state index contributed by atoms with van der Waals surface area (Å²) >= 11 is 0. The van der Waals surface area contributed by atoms with E-state index < -0.39 is 0 Å². The molecule has 0 aromatic carbocycles. The fraction of sp³-hybridized carbons (Fsp3) is 0.667. The molecule has 1 fully saturated rings. The van der Waals surface area contributed by atoms with Crippen LogP contribution in [0.15, 0.2) is 12.1 Å². The van der Waals surface area contributed by atoms with E-state index in [0.717, 1.165) is 18.8 Å². The van der Waals surface area contributed by atoms with E-state index in [9.17, 15) is 0 Å². The van der Waals surface area contributed by atoms with Gasteiger partial charge in [-0.15, -0.1) is 0 Å². The standard InChI is InChI=1S/C15H25N3O2/c1-10(2)9-20-15-12(16)5-6-14(17-15)18(4)13-7-8-19-11(13)3/h5-6,10-11,13H,7-9,16H2,1-4H3. The van der Waals surface area contributed by atoms with Crippen molar-refractivity contribution in [1.82, 2.24) is 4.98 Å². The zero-order valence-corrected chi connectivity index (χ0v) is 12.8. The first-order valence-electron chi connectivity index (χ1n) is 7.22. The maximum atomic E-state index is 5.93. The molecule has 0 spiro atoms. The minimum atomic E-state index is 0.222. The molecule has 1 aromatic heterocycles. The zero-order valence-electron chi connectivity index (χ0n) is 12.8. The first-order chi connectivity index (χ1) is 9.49. The van der Waals surface area contributed by atoms with Crippen molar-refractivity contribution in [2.45, 2.75) is 39.3 Å². The molecular weight excluding hydrogens is 254 g/mol. The number of nitrogen functional groups attached to an aromatic ring is 1. The van der Waals surface area contributed by atoms with E-state index >= 15 is 0 Å². The summed E-state index contributed by atoms with van der Waals surface area (Å²) in [5.74, 6) is 1.84. The SMILES string of the molecule is CC(C)COc1nc(N(C)C2CCOC2C)ccc1N. The molecule has 0 aliphatic carbocycles. The molecule has 1 saturated heterocycles. The highest BCUT2D eigenvalue weighted by Crippen LogP contribution is 2.27. The van der Waals surface area contributed by atoms with Crippen LogP contribution in [0.25, 0.3) is 0 Å². The summed E-state index contributed by atoms with van der Waals surface area (Å²) in [6.45, 7) is 7.73. The molecule has 112 valence electrons. The van der Waals surface area contributed by atoms with Gasteiger partial charge in [0.1, 0.15) is 5.82 Å². The Balaban J connectivity index is 2.13. The number of nitrogens with two attached hydrogens (primary N) is 1. The van der Waals surface area contributed by atoms with Crippen LogP contribution in [0.1, 0.15) is 27.2 Å². The summed E-state index contributed by atoms with van der Waals surface area (Å²) in [4.78, 5) is 6.70. The highest BCUT2D eigenvalue weighted by atomic mass is 16.5. The van der Waals surface area contributed by atoms with Crippen LogP contribution >= 0.6 is 0 Å². The summed E-state index contributed by atoms with van der Waals surface area (Å²) < 4.78 is 11.3. The maximum absolute atomic E-state index is 5.93. The monoisotopic (exact) mass is 279 g/mol. The molecule has 0 radical (unpaired) electrons. The Morgan fingerprint density at radius 2 is 2.25 bits per heavy atom. The molecule has 0 amide bonds. The van der Waals surface area contributed by atoms with Crippen molar-refractivity contribution in [3.63, 3.8) is 0 Å². The Morgan fingerprint density at radius 3 is 2.85 bits per heavy atom. The summed E-state index contributed by atoms with van der Waals surface area (Å²) in [6, 6.07) is 4.14. The van der Waals surface area contributed by atoms with Crippen molar-refractivity contribution in [3.8, 4) is 5.88 Å². The molecule has 1 aromatic rings. The lowest BCUT2D eigenvalue weighted by atomic mass is 10.1. The number of hydrogen-bond donors (Lipinski definition) is 1. The molecule has 1 aliphatic rings. The topological polar surface area (TPSA) is 60.6 Å². The first-order valence-corrected chi connectivity index (χ1v) is 7.22. The van der Waals surface area contributed by atoms with Crippen molar-refractivity contribution >= 4 is 11.5 Å². The van der Waals surface area contributed by atoms with Crippen LogP contribution in [0, 0.1) is 5.92 Å². The molecule has 0 saturated carbocycles. The number of rotatable bonds is 5. The highest BCUT2D eigenvalue weighted by molar-refractivity contribution is 5.54. The lowest BCUT2D eigenvalue weighted by Gasteiger charge is -2.28. The molecule has 2 unspecified atom stereocenters. The second kappa shape index (κ2) is 6.31. The lowest BCUT2D eigenvalue weighted by Crippen LogP contribution is -2.37. The number of aromatic nitrogens is 1. The normalized spacial score (nSPS) is 22.2. The molecule has 2 N–H and O–H groups in total. The largest absolute Gasteiger partial charge is 0.476 e. The van der Waals surface area contributed by atoms with Gasteiger partial charge in [0.05, 0.1) is 24.4 Å². The Kier molecular flexibility index (Phi) is 4.70. The number of hydrogen-bond acceptors (Lipinski definition) is 5. The minimum absolute atomic E-state index is 0.222. The Bertz CT molecular complexity index is 451. The quantitative estimate of drug-likeness (QED) is 0.896. The van der Waals surface area contributed by atoms with Crippen molar-refractivity contribution in [2.75, 3.05) is 30.9 Å². The molecule has 2 heterocycles. The van der Waals surface area contributed by atoms with Crippen LogP contribution in [-0.4, -0.2) is 37.4 Å². The third kappa shape index (κ3) is 3.33. The summed E-state index contributed by atoms with van der Waals surface area (Å²) in [6.07, 6.45) is 1.24. The summed E-state index contributed by atoms with van der Waals surface area (Å²) in [5.41, 5.74) is 6.51. The Labute approximate surface area is 121 Å². The van der Waals surface area contributed by atoms with Gasteiger partial charge in [0.15, 0.2) is 0 Å². The number of anilines is 2. The molecule has 5 heteroatoms. The van der Waals surface area contributed by atoms with Crippen molar-refractivity contribution in [3.05, 3.63) is 12.1 Å². The van der Waals surface area contributed by atoms with E-state index in [1.165, 1.54) is 0 Å². The van der Waals surface area contributed by atoms with Gasteiger partial charge in [0.2, 0.25) is 5.88 Å². The van der Waals surface area contributed by atoms with Crippen molar-refractivity contribution < 1.29 is 9.47 Å². The van der Waals surface area contributed by atoms with Gasteiger partial charge < -0.3 is 20.1 Å². The number of pyridine rings is 1. The molecule has 2 rings (SSSR count). The van der Waals surface area contributed by atoms with Crippen LogP contribution in [0.5, 0.6) is 5.88 Å². The highest BCUT2D eigenvalue weighted by Gasteiger charge is 2.28. The van der Waals surface area contributed by atoms with Gasteiger partial charge in [0, 0.05) is 13.7 Å².